The van der Waals surface area contributed by atoms with Gasteiger partial charge in [0.05, 0.1) is 0 Å². The summed E-state index contributed by atoms with van der Waals surface area (Å²) < 4.78 is 11.0. The highest BCUT2D eigenvalue weighted by Gasteiger charge is 2.16. The van der Waals surface area contributed by atoms with Crippen molar-refractivity contribution in [2.75, 3.05) is 0 Å². The fourth-order valence-electron chi connectivity index (χ4n) is 3.46. The SMILES string of the molecule is CC(=O)Oc1ccc(C#Cc2ccccc2)cc1-c1cc(C#Cc2ccccc2)ccc1OC(C)=O. The quantitative estimate of drug-likeness (QED) is 0.209. The van der Waals surface area contributed by atoms with Gasteiger partial charge in [0.1, 0.15) is 11.5 Å². The molecule has 0 saturated carbocycles. The Morgan fingerprint density at radius 3 is 1.22 bits per heavy atom. The Bertz CT molecular complexity index is 1410. The summed E-state index contributed by atoms with van der Waals surface area (Å²) in [5.74, 6) is 12.3. The topological polar surface area (TPSA) is 52.6 Å². The third-order valence-electron chi connectivity index (χ3n) is 5.01. The van der Waals surface area contributed by atoms with Gasteiger partial charge in [-0.1, -0.05) is 60.1 Å². The highest BCUT2D eigenvalue weighted by atomic mass is 16.5. The monoisotopic (exact) mass is 470 g/mol. The van der Waals surface area contributed by atoms with Crippen LogP contribution in [-0.2, 0) is 9.59 Å². The highest BCUT2D eigenvalue weighted by molar-refractivity contribution is 5.83. The number of hydrogen-bond donors (Lipinski definition) is 0. The zero-order valence-electron chi connectivity index (χ0n) is 19.9. The average molecular weight is 471 g/mol. The van der Waals surface area contributed by atoms with Crippen LogP contribution in [0, 0.1) is 23.7 Å². The summed E-state index contributed by atoms with van der Waals surface area (Å²) in [5, 5.41) is 0. The van der Waals surface area contributed by atoms with E-state index in [-0.39, 0.29) is 0 Å². The second kappa shape index (κ2) is 11.4. The van der Waals surface area contributed by atoms with Crippen LogP contribution in [0.2, 0.25) is 0 Å². The second-order valence-electron chi connectivity index (χ2n) is 7.84. The molecule has 36 heavy (non-hydrogen) atoms. The van der Waals surface area contributed by atoms with Gasteiger partial charge in [0.25, 0.3) is 0 Å². The molecule has 0 aromatic heterocycles. The lowest BCUT2D eigenvalue weighted by Crippen LogP contribution is -2.05. The zero-order chi connectivity index (χ0) is 25.3. The van der Waals surface area contributed by atoms with Crippen molar-refractivity contribution in [3.63, 3.8) is 0 Å². The van der Waals surface area contributed by atoms with E-state index >= 15 is 0 Å². The van der Waals surface area contributed by atoms with Gasteiger partial charge < -0.3 is 9.47 Å². The first kappa shape index (κ1) is 24.1. The van der Waals surface area contributed by atoms with Crippen molar-refractivity contribution in [1.29, 1.82) is 0 Å². The molecule has 0 aliphatic carbocycles. The van der Waals surface area contributed by atoms with Crippen LogP contribution >= 0.6 is 0 Å². The molecule has 4 heteroatoms. The third-order valence-corrected chi connectivity index (χ3v) is 5.01. The average Bonchev–Trinajstić information content (AvgIpc) is 2.88. The van der Waals surface area contributed by atoms with Gasteiger partial charge in [0.2, 0.25) is 0 Å². The molecule has 0 saturated heterocycles. The first-order valence-corrected chi connectivity index (χ1v) is 11.3. The predicted molar refractivity (Wildman–Crippen MR) is 139 cm³/mol. The first-order valence-electron chi connectivity index (χ1n) is 11.3. The molecule has 0 amide bonds. The van der Waals surface area contributed by atoms with Gasteiger partial charge in [-0.15, -0.1) is 0 Å². The van der Waals surface area contributed by atoms with E-state index in [2.05, 4.69) is 23.7 Å². The molecule has 174 valence electrons. The van der Waals surface area contributed by atoms with Gasteiger partial charge in [-0.3, -0.25) is 9.59 Å². The van der Waals surface area contributed by atoms with Crippen LogP contribution in [-0.4, -0.2) is 11.9 Å². The van der Waals surface area contributed by atoms with Gasteiger partial charge in [-0.2, -0.15) is 0 Å². The lowest BCUT2D eigenvalue weighted by atomic mass is 9.98. The number of rotatable bonds is 3. The summed E-state index contributed by atoms with van der Waals surface area (Å²) in [6, 6.07) is 29.8. The van der Waals surface area contributed by atoms with Crippen LogP contribution in [0.5, 0.6) is 11.5 Å². The molecule has 0 aliphatic rings. The van der Waals surface area contributed by atoms with E-state index in [0.29, 0.717) is 33.8 Å². The number of hydrogen-bond acceptors (Lipinski definition) is 4. The van der Waals surface area contributed by atoms with Crippen molar-refractivity contribution in [3.05, 3.63) is 119 Å². The van der Waals surface area contributed by atoms with Crippen LogP contribution in [0.4, 0.5) is 0 Å². The Morgan fingerprint density at radius 1 is 0.500 bits per heavy atom. The molecule has 0 radical (unpaired) electrons. The number of esters is 2. The zero-order valence-corrected chi connectivity index (χ0v) is 19.9. The summed E-state index contributed by atoms with van der Waals surface area (Å²) in [6.07, 6.45) is 0. The molecular weight excluding hydrogens is 448 g/mol. The molecule has 4 nitrogen and oxygen atoms in total. The van der Waals surface area contributed by atoms with Crippen molar-refractivity contribution in [2.24, 2.45) is 0 Å². The highest BCUT2D eigenvalue weighted by Crippen LogP contribution is 2.38. The fraction of sp³-hybridized carbons (Fsp3) is 0.0625. The largest absolute Gasteiger partial charge is 0.426 e. The predicted octanol–water partition coefficient (Wildman–Crippen LogP) is 6.00. The Hall–Kier alpha value is -5.06. The van der Waals surface area contributed by atoms with Crippen molar-refractivity contribution in [2.45, 2.75) is 13.8 Å². The number of carbonyl (C=O) groups excluding carboxylic acids is 2. The Morgan fingerprint density at radius 2 is 0.861 bits per heavy atom. The summed E-state index contributed by atoms with van der Waals surface area (Å²) in [7, 11) is 0. The third kappa shape index (κ3) is 6.50. The van der Waals surface area contributed by atoms with Crippen LogP contribution < -0.4 is 9.47 Å². The normalized spacial score (nSPS) is 9.72. The molecular formula is C32H22O4. The Kier molecular flexibility index (Phi) is 7.61. The van der Waals surface area contributed by atoms with Crippen molar-refractivity contribution in [1.82, 2.24) is 0 Å². The minimum atomic E-state index is -0.464. The Labute approximate surface area is 210 Å². The maximum atomic E-state index is 11.8. The van der Waals surface area contributed by atoms with Gasteiger partial charge in [0.15, 0.2) is 0 Å². The molecule has 0 bridgehead atoms. The van der Waals surface area contributed by atoms with Gasteiger partial charge in [-0.25, -0.2) is 0 Å². The number of carbonyl (C=O) groups is 2. The number of benzene rings is 4. The summed E-state index contributed by atoms with van der Waals surface area (Å²) in [5.41, 5.74) is 4.29. The lowest BCUT2D eigenvalue weighted by molar-refractivity contribution is -0.132. The summed E-state index contributed by atoms with van der Waals surface area (Å²) in [6.45, 7) is 2.67. The molecule has 0 N–H and O–H groups in total. The molecule has 0 atom stereocenters. The number of ether oxygens (including phenoxy) is 2. The van der Waals surface area contributed by atoms with E-state index in [1.165, 1.54) is 13.8 Å². The molecule has 0 aliphatic heterocycles. The van der Waals surface area contributed by atoms with Gasteiger partial charge in [0, 0.05) is 47.2 Å². The minimum Gasteiger partial charge on any atom is -0.426 e. The molecule has 0 fully saturated rings. The van der Waals surface area contributed by atoms with Gasteiger partial charge in [-0.05, 0) is 60.7 Å². The second-order valence-corrected chi connectivity index (χ2v) is 7.84. The molecule has 4 aromatic carbocycles. The van der Waals surface area contributed by atoms with Crippen molar-refractivity contribution < 1.29 is 19.1 Å². The van der Waals surface area contributed by atoms with Gasteiger partial charge >= 0.3 is 11.9 Å². The van der Waals surface area contributed by atoms with Crippen LogP contribution in [0.3, 0.4) is 0 Å². The molecule has 0 unspecified atom stereocenters. The molecule has 4 rings (SSSR count). The molecule has 4 aromatic rings. The molecule has 0 heterocycles. The van der Waals surface area contributed by atoms with Crippen LogP contribution in [0.15, 0.2) is 97.1 Å². The summed E-state index contributed by atoms with van der Waals surface area (Å²) >= 11 is 0. The van der Waals surface area contributed by atoms with E-state index in [9.17, 15) is 9.59 Å². The standard InChI is InChI=1S/C32H22O4/c1-23(33)35-31-19-17-27(15-13-25-9-5-3-6-10-25)21-29(31)30-22-28(18-20-32(30)36-24(2)34)16-14-26-11-7-4-8-12-26/h3-12,17-22H,1-2H3. The maximum Gasteiger partial charge on any atom is 0.308 e. The van der Waals surface area contributed by atoms with Crippen molar-refractivity contribution >= 4 is 11.9 Å². The van der Waals surface area contributed by atoms with Crippen LogP contribution in [0.25, 0.3) is 11.1 Å². The molecule has 0 spiro atoms. The lowest BCUT2D eigenvalue weighted by Gasteiger charge is -2.14. The van der Waals surface area contributed by atoms with E-state index in [0.717, 1.165) is 11.1 Å². The Balaban J connectivity index is 1.84. The van der Waals surface area contributed by atoms with Crippen LogP contribution in [0.1, 0.15) is 36.1 Å². The van der Waals surface area contributed by atoms with E-state index in [4.69, 9.17) is 9.47 Å². The van der Waals surface area contributed by atoms with E-state index < -0.39 is 11.9 Å². The van der Waals surface area contributed by atoms with Crippen molar-refractivity contribution in [3.8, 4) is 46.3 Å². The first-order chi connectivity index (χ1) is 17.5. The van der Waals surface area contributed by atoms with E-state index in [1.807, 2.05) is 72.8 Å². The van der Waals surface area contributed by atoms with E-state index in [1.54, 1.807) is 24.3 Å². The minimum absolute atomic E-state index is 0.328. The maximum absolute atomic E-state index is 11.8. The smallest absolute Gasteiger partial charge is 0.308 e. The fourth-order valence-corrected chi connectivity index (χ4v) is 3.46. The summed E-state index contributed by atoms with van der Waals surface area (Å²) in [4.78, 5) is 23.6.